The van der Waals surface area contributed by atoms with Gasteiger partial charge in [-0.3, -0.25) is 4.79 Å². The van der Waals surface area contributed by atoms with Gasteiger partial charge in [-0.05, 0) is 31.0 Å². The predicted molar refractivity (Wildman–Crippen MR) is 87.3 cm³/mol. The summed E-state index contributed by atoms with van der Waals surface area (Å²) in [4.78, 5) is 12.5. The number of aromatic nitrogens is 2. The normalized spacial score (nSPS) is 15.4. The highest BCUT2D eigenvalue weighted by Crippen LogP contribution is 2.26. The molecule has 1 N–H and O–H groups in total. The standard InChI is InChI=1S/C16H18ClN3O3/c1-22-12-2-3-13(14(17)10-12)16(21)19-15-4-7-18-20(15)11-5-8-23-9-6-11/h2-4,7,10-11H,5-6,8-9H2,1H3,(H,19,21). The van der Waals surface area contributed by atoms with Crippen molar-refractivity contribution in [2.24, 2.45) is 0 Å². The highest BCUT2D eigenvalue weighted by atomic mass is 35.5. The molecule has 1 aromatic carbocycles. The molecule has 0 saturated carbocycles. The minimum atomic E-state index is -0.272. The number of methoxy groups -OCH3 is 1. The average molecular weight is 336 g/mol. The number of amides is 1. The highest BCUT2D eigenvalue weighted by Gasteiger charge is 2.20. The Morgan fingerprint density at radius 1 is 1.39 bits per heavy atom. The summed E-state index contributed by atoms with van der Waals surface area (Å²) in [6, 6.07) is 6.99. The van der Waals surface area contributed by atoms with Crippen LogP contribution in [-0.4, -0.2) is 36.0 Å². The van der Waals surface area contributed by atoms with Gasteiger partial charge in [0.05, 0.1) is 29.9 Å². The zero-order valence-corrected chi connectivity index (χ0v) is 13.5. The number of hydrogen-bond acceptors (Lipinski definition) is 4. The van der Waals surface area contributed by atoms with E-state index < -0.39 is 0 Å². The average Bonchev–Trinajstić information content (AvgIpc) is 3.03. The van der Waals surface area contributed by atoms with Gasteiger partial charge >= 0.3 is 0 Å². The van der Waals surface area contributed by atoms with Crippen LogP contribution < -0.4 is 10.1 Å². The lowest BCUT2D eigenvalue weighted by Crippen LogP contribution is -2.23. The molecule has 6 nitrogen and oxygen atoms in total. The van der Waals surface area contributed by atoms with E-state index in [1.54, 1.807) is 37.6 Å². The van der Waals surface area contributed by atoms with Crippen LogP contribution in [0.5, 0.6) is 5.75 Å². The fraction of sp³-hybridized carbons (Fsp3) is 0.375. The molecule has 0 unspecified atom stereocenters. The Kier molecular flexibility index (Phi) is 4.83. The molecule has 1 fully saturated rings. The first-order valence-corrected chi connectivity index (χ1v) is 7.83. The van der Waals surface area contributed by atoms with Crippen molar-refractivity contribution >= 4 is 23.3 Å². The second kappa shape index (κ2) is 7.02. The maximum atomic E-state index is 12.5. The van der Waals surface area contributed by atoms with Gasteiger partial charge in [0, 0.05) is 19.3 Å². The van der Waals surface area contributed by atoms with Gasteiger partial charge in [-0.15, -0.1) is 0 Å². The smallest absolute Gasteiger partial charge is 0.258 e. The molecule has 23 heavy (non-hydrogen) atoms. The number of carbonyl (C=O) groups excluding carboxylic acids is 1. The van der Waals surface area contributed by atoms with E-state index in [2.05, 4.69) is 10.4 Å². The lowest BCUT2D eigenvalue weighted by Gasteiger charge is -2.24. The number of nitrogens with zero attached hydrogens (tertiary/aromatic N) is 2. The van der Waals surface area contributed by atoms with E-state index in [-0.39, 0.29) is 11.9 Å². The van der Waals surface area contributed by atoms with Gasteiger partial charge in [-0.2, -0.15) is 5.10 Å². The van der Waals surface area contributed by atoms with Crippen LogP contribution in [0.25, 0.3) is 0 Å². The summed E-state index contributed by atoms with van der Waals surface area (Å²) < 4.78 is 12.3. The van der Waals surface area contributed by atoms with E-state index in [1.165, 1.54) is 0 Å². The summed E-state index contributed by atoms with van der Waals surface area (Å²) in [6.45, 7) is 1.42. The van der Waals surface area contributed by atoms with E-state index in [0.717, 1.165) is 12.8 Å². The molecule has 0 radical (unpaired) electrons. The third-order valence-corrected chi connectivity index (χ3v) is 4.18. The molecule has 1 aliphatic heterocycles. The minimum Gasteiger partial charge on any atom is -0.497 e. The summed E-state index contributed by atoms with van der Waals surface area (Å²) in [5, 5.41) is 7.55. The first-order valence-electron chi connectivity index (χ1n) is 7.45. The van der Waals surface area contributed by atoms with Crippen LogP contribution in [0.1, 0.15) is 29.2 Å². The largest absolute Gasteiger partial charge is 0.497 e. The number of halogens is 1. The fourth-order valence-corrected chi connectivity index (χ4v) is 2.88. The monoisotopic (exact) mass is 335 g/mol. The molecular weight excluding hydrogens is 318 g/mol. The Morgan fingerprint density at radius 3 is 2.87 bits per heavy atom. The first kappa shape index (κ1) is 15.8. The minimum absolute atomic E-state index is 0.236. The van der Waals surface area contributed by atoms with Crippen molar-refractivity contribution in [1.82, 2.24) is 9.78 Å². The molecule has 1 aliphatic rings. The zero-order chi connectivity index (χ0) is 16.2. The molecule has 2 aromatic rings. The van der Waals surface area contributed by atoms with E-state index in [0.29, 0.717) is 35.4 Å². The van der Waals surface area contributed by atoms with Crippen molar-refractivity contribution in [3.05, 3.63) is 41.0 Å². The maximum Gasteiger partial charge on any atom is 0.258 e. The van der Waals surface area contributed by atoms with Crippen LogP contribution in [0.15, 0.2) is 30.5 Å². The predicted octanol–water partition coefficient (Wildman–Crippen LogP) is 3.15. The van der Waals surface area contributed by atoms with Crippen LogP contribution in [-0.2, 0) is 4.74 Å². The number of anilines is 1. The summed E-state index contributed by atoms with van der Waals surface area (Å²) in [5.74, 6) is 0.999. The van der Waals surface area contributed by atoms with Crippen molar-refractivity contribution in [3.63, 3.8) is 0 Å². The van der Waals surface area contributed by atoms with E-state index in [1.807, 2.05) is 4.68 Å². The summed E-state index contributed by atoms with van der Waals surface area (Å²) in [5.41, 5.74) is 0.396. The Labute approximate surface area is 139 Å². The van der Waals surface area contributed by atoms with Crippen LogP contribution >= 0.6 is 11.6 Å². The Hall–Kier alpha value is -2.05. The van der Waals surface area contributed by atoms with E-state index in [9.17, 15) is 4.79 Å². The Bertz CT molecular complexity index is 696. The van der Waals surface area contributed by atoms with Gasteiger partial charge < -0.3 is 14.8 Å². The van der Waals surface area contributed by atoms with Crippen molar-refractivity contribution in [2.45, 2.75) is 18.9 Å². The van der Waals surface area contributed by atoms with Gasteiger partial charge in [-0.25, -0.2) is 4.68 Å². The van der Waals surface area contributed by atoms with Crippen LogP contribution in [0.3, 0.4) is 0 Å². The molecule has 0 atom stereocenters. The fourth-order valence-electron chi connectivity index (χ4n) is 2.62. The SMILES string of the molecule is COc1ccc(C(=O)Nc2ccnn2C2CCOCC2)c(Cl)c1. The van der Waals surface area contributed by atoms with Crippen molar-refractivity contribution in [2.75, 3.05) is 25.6 Å². The van der Waals surface area contributed by atoms with E-state index in [4.69, 9.17) is 21.1 Å². The number of ether oxygens (including phenoxy) is 2. The number of rotatable bonds is 4. The molecular formula is C16H18ClN3O3. The third kappa shape index (κ3) is 3.48. The van der Waals surface area contributed by atoms with Gasteiger partial charge in [0.25, 0.3) is 5.91 Å². The molecule has 1 amide bonds. The van der Waals surface area contributed by atoms with Gasteiger partial charge in [0.15, 0.2) is 0 Å². The molecule has 2 heterocycles. The van der Waals surface area contributed by atoms with Crippen LogP contribution in [0.2, 0.25) is 5.02 Å². The quantitative estimate of drug-likeness (QED) is 0.932. The number of carbonyl (C=O) groups is 1. The lowest BCUT2D eigenvalue weighted by molar-refractivity contribution is 0.0668. The van der Waals surface area contributed by atoms with Gasteiger partial charge in [0.2, 0.25) is 0 Å². The van der Waals surface area contributed by atoms with Crippen LogP contribution in [0, 0.1) is 0 Å². The molecule has 122 valence electrons. The van der Waals surface area contributed by atoms with Crippen molar-refractivity contribution in [3.8, 4) is 5.75 Å². The molecule has 7 heteroatoms. The Balaban J connectivity index is 1.77. The first-order chi connectivity index (χ1) is 11.2. The molecule has 1 aromatic heterocycles. The molecule has 1 saturated heterocycles. The summed E-state index contributed by atoms with van der Waals surface area (Å²) in [6.07, 6.45) is 3.45. The Morgan fingerprint density at radius 2 is 2.17 bits per heavy atom. The number of benzene rings is 1. The molecule has 3 rings (SSSR count). The summed E-state index contributed by atoms with van der Waals surface area (Å²) >= 11 is 6.15. The second-order valence-corrected chi connectivity index (χ2v) is 5.71. The highest BCUT2D eigenvalue weighted by molar-refractivity contribution is 6.34. The summed E-state index contributed by atoms with van der Waals surface area (Å²) in [7, 11) is 1.55. The molecule has 0 bridgehead atoms. The number of hydrogen-bond donors (Lipinski definition) is 1. The lowest BCUT2D eigenvalue weighted by atomic mass is 10.1. The third-order valence-electron chi connectivity index (χ3n) is 3.87. The maximum absolute atomic E-state index is 12.5. The second-order valence-electron chi connectivity index (χ2n) is 5.30. The van der Waals surface area contributed by atoms with E-state index >= 15 is 0 Å². The number of nitrogens with one attached hydrogen (secondary N) is 1. The molecule has 0 aliphatic carbocycles. The van der Waals surface area contributed by atoms with Crippen LogP contribution in [0.4, 0.5) is 5.82 Å². The van der Waals surface area contributed by atoms with Gasteiger partial charge in [0.1, 0.15) is 11.6 Å². The molecule has 0 spiro atoms. The topological polar surface area (TPSA) is 65.4 Å². The van der Waals surface area contributed by atoms with Gasteiger partial charge in [-0.1, -0.05) is 11.6 Å². The zero-order valence-electron chi connectivity index (χ0n) is 12.8. The van der Waals surface area contributed by atoms with Crippen molar-refractivity contribution in [1.29, 1.82) is 0 Å². The van der Waals surface area contributed by atoms with Crippen molar-refractivity contribution < 1.29 is 14.3 Å².